The van der Waals surface area contributed by atoms with Gasteiger partial charge in [0.2, 0.25) is 5.75 Å². The van der Waals surface area contributed by atoms with E-state index in [4.69, 9.17) is 14.2 Å². The average Bonchev–Trinajstić information content (AvgIpc) is 2.88. The van der Waals surface area contributed by atoms with Crippen molar-refractivity contribution in [1.29, 1.82) is 0 Å². The van der Waals surface area contributed by atoms with Crippen molar-refractivity contribution in [3.05, 3.63) is 37.2 Å². The van der Waals surface area contributed by atoms with Gasteiger partial charge in [0.1, 0.15) is 4.66 Å². The van der Waals surface area contributed by atoms with E-state index >= 15 is 0 Å². The van der Waals surface area contributed by atoms with Gasteiger partial charge in [-0.2, -0.15) is 0 Å². The smallest absolute Gasteiger partial charge is 0.268 e. The van der Waals surface area contributed by atoms with Gasteiger partial charge in [-0.05, 0) is 18.2 Å². The number of rotatable bonds is 5. The van der Waals surface area contributed by atoms with Crippen LogP contribution in [0.4, 0.5) is 0 Å². The minimum absolute atomic E-state index is 0.0328. The number of ketones is 1. The maximum Gasteiger partial charge on any atom is 0.268 e. The highest BCUT2D eigenvalue weighted by atomic mass is 32.1. The first-order chi connectivity index (χ1) is 12.6. The molecule has 0 spiro atoms. The summed E-state index contributed by atoms with van der Waals surface area (Å²) in [5, 5.41) is 0. The van der Waals surface area contributed by atoms with Crippen LogP contribution in [0.5, 0.6) is 17.2 Å². The van der Waals surface area contributed by atoms with Crippen molar-refractivity contribution in [2.45, 2.75) is 20.8 Å². The highest BCUT2D eigenvalue weighted by Crippen LogP contribution is 2.39. The van der Waals surface area contributed by atoms with Gasteiger partial charge in [0.25, 0.3) is 5.56 Å². The van der Waals surface area contributed by atoms with Gasteiger partial charge in [0, 0.05) is 24.1 Å². The Labute approximate surface area is 162 Å². The molecule has 2 aromatic rings. The Morgan fingerprint density at radius 2 is 1.70 bits per heavy atom. The SMILES string of the molecule is COc1ccc(C=c2sc(=CC(=O)C(C)(C)C)n(C)c2=O)c(OC)c1OC. The minimum Gasteiger partial charge on any atom is -0.493 e. The van der Waals surface area contributed by atoms with Crippen molar-refractivity contribution in [3.63, 3.8) is 0 Å². The first-order valence-electron chi connectivity index (χ1n) is 8.36. The lowest BCUT2D eigenvalue weighted by Crippen LogP contribution is -2.30. The summed E-state index contributed by atoms with van der Waals surface area (Å²) in [6, 6.07) is 3.55. The number of methoxy groups -OCH3 is 3. The summed E-state index contributed by atoms with van der Waals surface area (Å²) < 4.78 is 18.7. The monoisotopic (exact) mass is 391 g/mol. The summed E-state index contributed by atoms with van der Waals surface area (Å²) in [4.78, 5) is 24.9. The molecule has 0 atom stereocenters. The number of carbonyl (C=O) groups is 1. The molecule has 146 valence electrons. The number of Topliss-reactive ketones (excluding diaryl/α,β-unsaturated/α-hetero) is 1. The highest BCUT2D eigenvalue weighted by molar-refractivity contribution is 7.07. The van der Waals surface area contributed by atoms with E-state index in [1.54, 1.807) is 32.4 Å². The van der Waals surface area contributed by atoms with Crippen LogP contribution in [-0.4, -0.2) is 31.7 Å². The van der Waals surface area contributed by atoms with Crippen LogP contribution >= 0.6 is 11.3 Å². The van der Waals surface area contributed by atoms with Crippen LogP contribution in [0.15, 0.2) is 16.9 Å². The largest absolute Gasteiger partial charge is 0.493 e. The van der Waals surface area contributed by atoms with E-state index in [-0.39, 0.29) is 11.3 Å². The summed E-state index contributed by atoms with van der Waals surface area (Å²) in [5.74, 6) is 1.44. The lowest BCUT2D eigenvalue weighted by atomic mass is 9.91. The fourth-order valence-electron chi connectivity index (χ4n) is 2.42. The molecule has 0 aliphatic heterocycles. The molecule has 0 N–H and O–H groups in total. The summed E-state index contributed by atoms with van der Waals surface area (Å²) in [5.41, 5.74) is 0.00355. The standard InChI is InChI=1S/C20H25NO5S/c1-20(2,3)15(22)11-16-21(4)19(23)14(27-16)10-12-8-9-13(24-5)18(26-7)17(12)25-6/h8-11H,1-7H3. The van der Waals surface area contributed by atoms with Crippen LogP contribution in [0.3, 0.4) is 0 Å². The van der Waals surface area contributed by atoms with Crippen LogP contribution in [0, 0.1) is 5.41 Å². The zero-order valence-corrected chi connectivity index (χ0v) is 17.5. The van der Waals surface area contributed by atoms with Gasteiger partial charge in [-0.25, -0.2) is 0 Å². The molecule has 27 heavy (non-hydrogen) atoms. The number of hydrogen-bond acceptors (Lipinski definition) is 6. The Kier molecular flexibility index (Phi) is 6.15. The fraction of sp³-hybridized carbons (Fsp3) is 0.400. The molecule has 0 saturated heterocycles. The van der Waals surface area contributed by atoms with Crippen LogP contribution < -0.4 is 29.0 Å². The van der Waals surface area contributed by atoms with Crippen LogP contribution in [0.1, 0.15) is 26.3 Å². The van der Waals surface area contributed by atoms with Crippen molar-refractivity contribution in [3.8, 4) is 17.2 Å². The third-order valence-corrected chi connectivity index (χ3v) is 5.19. The van der Waals surface area contributed by atoms with Crippen molar-refractivity contribution >= 4 is 29.3 Å². The Morgan fingerprint density at radius 1 is 1.07 bits per heavy atom. The number of hydrogen-bond donors (Lipinski definition) is 0. The molecular weight excluding hydrogens is 366 g/mol. The summed E-state index contributed by atoms with van der Waals surface area (Å²) >= 11 is 1.26. The molecule has 0 aliphatic rings. The van der Waals surface area contributed by atoms with E-state index in [1.165, 1.54) is 36.2 Å². The number of aromatic nitrogens is 1. The zero-order chi connectivity index (χ0) is 20.4. The molecule has 1 aromatic carbocycles. The van der Waals surface area contributed by atoms with E-state index in [1.807, 2.05) is 20.8 Å². The predicted molar refractivity (Wildman–Crippen MR) is 107 cm³/mol. The number of carbonyl (C=O) groups excluding carboxylic acids is 1. The second-order valence-corrected chi connectivity index (χ2v) is 8.06. The van der Waals surface area contributed by atoms with E-state index in [2.05, 4.69) is 0 Å². The third-order valence-electron chi connectivity index (χ3n) is 4.08. The highest BCUT2D eigenvalue weighted by Gasteiger charge is 2.19. The first-order valence-corrected chi connectivity index (χ1v) is 9.18. The average molecular weight is 391 g/mol. The minimum atomic E-state index is -0.503. The molecule has 7 heteroatoms. The molecule has 2 rings (SSSR count). The van der Waals surface area contributed by atoms with Gasteiger partial charge in [0.15, 0.2) is 17.3 Å². The Bertz CT molecular complexity index is 1020. The van der Waals surface area contributed by atoms with Crippen molar-refractivity contribution < 1.29 is 19.0 Å². The Balaban J connectivity index is 2.69. The van der Waals surface area contributed by atoms with E-state index < -0.39 is 5.41 Å². The van der Waals surface area contributed by atoms with Crippen LogP contribution in [0.2, 0.25) is 0 Å². The molecular formula is C20H25NO5S. The quantitative estimate of drug-likeness (QED) is 0.776. The second kappa shape index (κ2) is 8.00. The zero-order valence-electron chi connectivity index (χ0n) is 16.7. The molecule has 1 heterocycles. The molecule has 0 aliphatic carbocycles. The van der Waals surface area contributed by atoms with Gasteiger partial charge in [0.05, 0.1) is 25.9 Å². The molecule has 0 unspecified atom stereocenters. The Morgan fingerprint density at radius 3 is 2.22 bits per heavy atom. The molecule has 0 saturated carbocycles. The third kappa shape index (κ3) is 4.24. The molecule has 1 aromatic heterocycles. The number of ether oxygens (including phenoxy) is 3. The number of benzene rings is 1. The van der Waals surface area contributed by atoms with Gasteiger partial charge >= 0.3 is 0 Å². The predicted octanol–water partition coefficient (Wildman–Crippen LogP) is 1.70. The summed E-state index contributed by atoms with van der Waals surface area (Å²) in [6.07, 6.45) is 3.25. The molecule has 6 nitrogen and oxygen atoms in total. The summed E-state index contributed by atoms with van der Waals surface area (Å²) in [6.45, 7) is 5.54. The fourth-order valence-corrected chi connectivity index (χ4v) is 3.44. The topological polar surface area (TPSA) is 66.8 Å². The van der Waals surface area contributed by atoms with Crippen molar-refractivity contribution in [1.82, 2.24) is 4.57 Å². The molecule has 0 radical (unpaired) electrons. The second-order valence-electron chi connectivity index (χ2n) is 7.00. The van der Waals surface area contributed by atoms with Gasteiger partial charge in [-0.15, -0.1) is 11.3 Å². The lowest BCUT2D eigenvalue weighted by molar-refractivity contribution is -0.120. The molecule has 0 fully saturated rings. The van der Waals surface area contributed by atoms with Gasteiger partial charge in [-0.3, -0.25) is 9.59 Å². The van der Waals surface area contributed by atoms with Gasteiger partial charge < -0.3 is 18.8 Å². The van der Waals surface area contributed by atoms with Crippen LogP contribution in [-0.2, 0) is 11.8 Å². The maximum atomic E-state index is 12.6. The lowest BCUT2D eigenvalue weighted by Gasteiger charge is -2.13. The first kappa shape index (κ1) is 20.8. The molecule has 0 bridgehead atoms. The van der Waals surface area contributed by atoms with Crippen molar-refractivity contribution in [2.75, 3.05) is 21.3 Å². The number of thiazole rings is 1. The Hall–Kier alpha value is -2.54. The van der Waals surface area contributed by atoms with E-state index in [9.17, 15) is 9.59 Å². The maximum absolute atomic E-state index is 12.6. The van der Waals surface area contributed by atoms with E-state index in [0.29, 0.717) is 32.0 Å². The van der Waals surface area contributed by atoms with Gasteiger partial charge in [-0.1, -0.05) is 20.8 Å². The van der Waals surface area contributed by atoms with Crippen LogP contribution in [0.25, 0.3) is 12.2 Å². The summed E-state index contributed by atoms with van der Waals surface area (Å²) in [7, 11) is 6.26. The molecule has 0 amide bonds. The number of nitrogens with zero attached hydrogens (tertiary/aromatic N) is 1. The van der Waals surface area contributed by atoms with Crippen molar-refractivity contribution in [2.24, 2.45) is 12.5 Å². The normalized spacial score (nSPS) is 13.0. The van der Waals surface area contributed by atoms with E-state index in [0.717, 1.165) is 0 Å².